The van der Waals surface area contributed by atoms with Crippen LogP contribution in [0.4, 0.5) is 11.4 Å². The first-order chi connectivity index (χ1) is 31.8. The predicted molar refractivity (Wildman–Crippen MR) is 282 cm³/mol. The first kappa shape index (κ1) is 38.5. The molecule has 0 atom stereocenters. The average Bonchev–Trinajstić information content (AvgIpc) is 4.05. The summed E-state index contributed by atoms with van der Waals surface area (Å²) in [6.07, 6.45) is 2.32. The van der Waals surface area contributed by atoms with Gasteiger partial charge >= 0.3 is 0 Å². The fraction of sp³-hybridized carbons (Fsp3) is 0.200. The normalized spacial score (nSPS) is 15.4. The van der Waals surface area contributed by atoms with Gasteiger partial charge in [0.1, 0.15) is 22.3 Å². The summed E-state index contributed by atoms with van der Waals surface area (Å²) in [6.45, 7) is 16.4. The van der Waals surface area contributed by atoms with Crippen LogP contribution in [0.5, 0.6) is 0 Å². The van der Waals surface area contributed by atoms with Crippen LogP contribution in [0.25, 0.3) is 103 Å². The summed E-state index contributed by atoms with van der Waals surface area (Å²) in [5, 5.41) is 13.5. The van der Waals surface area contributed by atoms with Gasteiger partial charge in [0.15, 0.2) is 7.28 Å². The summed E-state index contributed by atoms with van der Waals surface area (Å²) < 4.78 is 18.7. The average molecular weight is 872 g/mol. The number of rotatable bonds is 3. The summed E-state index contributed by atoms with van der Waals surface area (Å²) in [7, 11) is 2.44. The van der Waals surface area contributed by atoms with Gasteiger partial charge in [-0.25, -0.2) is 0 Å². The number of benzene rings is 8. The lowest BCUT2D eigenvalue weighted by atomic mass is 9.59. The molecule has 319 valence electrons. The van der Waals surface area contributed by atoms with Gasteiger partial charge in [0.05, 0.1) is 5.52 Å². The zero-order valence-corrected chi connectivity index (χ0v) is 39.2. The molecule has 0 amide bonds. The smallest absolute Gasteiger partial charge is 0.197 e. The molecular formula is C60H48BN2O2S. The fourth-order valence-electron chi connectivity index (χ4n) is 11.6. The first-order valence-corrected chi connectivity index (χ1v) is 24.3. The highest BCUT2D eigenvalue weighted by Gasteiger charge is 2.38. The fourth-order valence-corrected chi connectivity index (χ4v) is 12.8. The second-order valence-corrected chi connectivity index (χ2v) is 22.6. The maximum absolute atomic E-state index is 7.00. The predicted octanol–water partition coefficient (Wildman–Crippen LogP) is 16.0. The molecule has 1 N–H and O–H groups in total. The van der Waals surface area contributed by atoms with Crippen LogP contribution in [0.3, 0.4) is 0 Å². The van der Waals surface area contributed by atoms with Gasteiger partial charge in [-0.3, -0.25) is 0 Å². The van der Waals surface area contributed by atoms with E-state index in [-0.39, 0.29) is 16.2 Å². The Labute approximate surface area is 388 Å². The molecule has 2 aliphatic rings. The van der Waals surface area contributed by atoms with Gasteiger partial charge in [0.25, 0.3) is 0 Å². The summed E-state index contributed by atoms with van der Waals surface area (Å²) in [4.78, 5) is 0. The lowest BCUT2D eigenvalue weighted by Gasteiger charge is -2.41. The maximum atomic E-state index is 7.00. The first-order valence-electron chi connectivity index (χ1n) is 23.4. The largest absolute Gasteiger partial charge is 0.456 e. The Hall–Kier alpha value is -6.76. The van der Waals surface area contributed by atoms with Gasteiger partial charge in [0.2, 0.25) is 0 Å². The topological polar surface area (TPSA) is 43.2 Å². The van der Waals surface area contributed by atoms with Gasteiger partial charge in [0, 0.05) is 75.2 Å². The lowest BCUT2D eigenvalue weighted by molar-refractivity contribution is 0.332. The van der Waals surface area contributed by atoms with E-state index >= 15 is 0 Å². The van der Waals surface area contributed by atoms with Crippen LogP contribution in [0, 0.1) is 0 Å². The van der Waals surface area contributed by atoms with Crippen molar-refractivity contribution in [3.05, 3.63) is 150 Å². The number of thiophene rings is 1. The number of hydrogen-bond donors (Lipinski definition) is 1. The number of nitrogens with one attached hydrogen (secondary N) is 1. The van der Waals surface area contributed by atoms with E-state index < -0.39 is 0 Å². The third-order valence-corrected chi connectivity index (χ3v) is 16.6. The molecule has 1 radical (unpaired) electrons. The van der Waals surface area contributed by atoms with Crippen molar-refractivity contribution in [3.8, 4) is 16.8 Å². The zero-order valence-electron chi connectivity index (χ0n) is 38.4. The van der Waals surface area contributed by atoms with E-state index in [1.54, 1.807) is 0 Å². The van der Waals surface area contributed by atoms with Gasteiger partial charge in [-0.1, -0.05) is 121 Å². The minimum atomic E-state index is 0.0546. The van der Waals surface area contributed by atoms with E-state index in [2.05, 4.69) is 199 Å². The van der Waals surface area contributed by atoms with Crippen LogP contribution in [-0.4, -0.2) is 11.8 Å². The molecule has 12 aromatic rings. The highest BCUT2D eigenvalue weighted by atomic mass is 32.1. The second kappa shape index (κ2) is 13.0. The highest BCUT2D eigenvalue weighted by molar-refractivity contribution is 7.25. The van der Waals surface area contributed by atoms with E-state index in [9.17, 15) is 0 Å². The molecule has 0 unspecified atom stereocenters. The summed E-state index contributed by atoms with van der Waals surface area (Å²) >= 11 is 1.87. The minimum absolute atomic E-state index is 0.0546. The van der Waals surface area contributed by atoms with E-state index in [0.29, 0.717) is 0 Å². The molecule has 1 aliphatic heterocycles. The van der Waals surface area contributed by atoms with Crippen LogP contribution >= 0.6 is 11.3 Å². The molecule has 0 spiro atoms. The summed E-state index contributed by atoms with van der Waals surface area (Å²) in [5.74, 6) is 0. The van der Waals surface area contributed by atoms with Crippen LogP contribution in [-0.2, 0) is 16.2 Å². The maximum Gasteiger partial charge on any atom is 0.197 e. The molecule has 0 fully saturated rings. The number of furan rings is 2. The van der Waals surface area contributed by atoms with Crippen molar-refractivity contribution in [1.82, 2.24) is 4.57 Å². The molecule has 14 rings (SSSR count). The molecule has 1 aliphatic carbocycles. The Morgan fingerprint density at radius 3 is 2.05 bits per heavy atom. The van der Waals surface area contributed by atoms with E-state index in [1.165, 1.54) is 80.7 Å². The van der Waals surface area contributed by atoms with Crippen molar-refractivity contribution in [3.63, 3.8) is 0 Å². The van der Waals surface area contributed by atoms with E-state index in [0.717, 1.165) is 73.8 Å². The molecule has 0 bridgehead atoms. The van der Waals surface area contributed by atoms with Gasteiger partial charge in [-0.2, -0.15) is 0 Å². The van der Waals surface area contributed by atoms with Crippen LogP contribution < -0.4 is 16.2 Å². The zero-order chi connectivity index (χ0) is 44.6. The standard InChI is InChI=1S/C60H48BN2O2S/c1-58(2,3)32-16-18-33(19-17-32)62-47-26-41-40-24-44-45(60(6,7)23-22-59(44,4)5)30-53(40)65-51(41)28-38(47)36-20-21-37-39-29-52-42(34-12-8-10-14-50(34)64-52)27-48(39)63-49-31-55-43(25-46(49)61-56(36)57(37)63)35-13-9-11-15-54(35)66-55/h8-21,24-31,62H,22-23H2,1-7H3. The van der Waals surface area contributed by atoms with Crippen molar-refractivity contribution in [2.24, 2.45) is 0 Å². The molecule has 66 heavy (non-hydrogen) atoms. The van der Waals surface area contributed by atoms with Crippen molar-refractivity contribution in [2.75, 3.05) is 5.32 Å². The lowest BCUT2D eigenvalue weighted by Crippen LogP contribution is -2.37. The molecule has 8 aromatic carbocycles. The quantitative estimate of drug-likeness (QED) is 0.180. The molecule has 5 heterocycles. The van der Waals surface area contributed by atoms with Gasteiger partial charge in [-0.15, -0.1) is 11.3 Å². The van der Waals surface area contributed by atoms with Crippen molar-refractivity contribution in [2.45, 2.75) is 77.6 Å². The number of hydrogen-bond acceptors (Lipinski definition) is 4. The van der Waals surface area contributed by atoms with Crippen LogP contribution in [0.15, 0.2) is 142 Å². The highest BCUT2D eigenvalue weighted by Crippen LogP contribution is 2.50. The van der Waals surface area contributed by atoms with Crippen LogP contribution in [0.1, 0.15) is 78.0 Å². The van der Waals surface area contributed by atoms with E-state index in [4.69, 9.17) is 8.83 Å². The van der Waals surface area contributed by atoms with Crippen molar-refractivity contribution >= 4 is 127 Å². The SMILES string of the molecule is CC(C)(C)c1ccc(Nc2cc3c(cc2-c2ccc4c5cc6oc7ccccc7c6cc5n5c4c2[B]c2cc4c(cc2-5)sc2ccccc24)oc2cc4c(cc23)C(C)(C)CCC4(C)C)cc1. The molecule has 4 nitrogen and oxygen atoms in total. The van der Waals surface area contributed by atoms with Crippen LogP contribution in [0.2, 0.25) is 0 Å². The molecule has 4 aromatic heterocycles. The monoisotopic (exact) mass is 871 g/mol. The minimum Gasteiger partial charge on any atom is -0.456 e. The Morgan fingerprint density at radius 1 is 0.561 bits per heavy atom. The summed E-state index contributed by atoms with van der Waals surface area (Å²) in [5.41, 5.74) is 18.4. The van der Waals surface area contributed by atoms with E-state index in [1.807, 2.05) is 11.3 Å². The second-order valence-electron chi connectivity index (χ2n) is 21.5. The Bertz CT molecular complexity index is 4090. The third kappa shape index (κ3) is 5.39. The van der Waals surface area contributed by atoms with Crippen molar-refractivity contribution in [1.29, 1.82) is 0 Å². The number of anilines is 2. The molecular weight excluding hydrogens is 824 g/mol. The van der Waals surface area contributed by atoms with Crippen molar-refractivity contribution < 1.29 is 8.83 Å². The Balaban J connectivity index is 1.06. The number of nitrogens with zero attached hydrogens (tertiary/aromatic N) is 1. The Morgan fingerprint density at radius 2 is 1.24 bits per heavy atom. The molecule has 0 saturated carbocycles. The number of fused-ring (bicyclic) bond motifs is 15. The third-order valence-electron chi connectivity index (χ3n) is 15.4. The van der Waals surface area contributed by atoms with Gasteiger partial charge < -0.3 is 18.7 Å². The molecule has 0 saturated heterocycles. The number of aromatic nitrogens is 1. The summed E-state index contributed by atoms with van der Waals surface area (Å²) in [6, 6.07) is 49.8. The Kier molecular flexibility index (Phi) is 7.58. The molecule has 6 heteroatoms. The van der Waals surface area contributed by atoms with Gasteiger partial charge in [-0.05, 0) is 129 Å². The number of para-hydroxylation sites is 1.